The molecule has 0 bridgehead atoms. The minimum atomic E-state index is -0.581. The number of benzene rings is 2. The number of nitrogens with zero attached hydrogens (tertiary/aromatic N) is 2. The molecule has 2 aliphatic rings. The molecule has 0 spiro atoms. The normalized spacial score (nSPS) is 20.1. The summed E-state index contributed by atoms with van der Waals surface area (Å²) in [5.74, 6) is 0. The van der Waals surface area contributed by atoms with E-state index in [1.54, 1.807) is 0 Å². The van der Waals surface area contributed by atoms with E-state index in [0.29, 0.717) is 0 Å². The van der Waals surface area contributed by atoms with Gasteiger partial charge < -0.3 is 0 Å². The standard InChI is InChI=1S/C25H30N2OTe/c1-24(2)7-9-26(5)19-13-21-15(11-17(19)24)23(28)16-12-18-20(14-22(16)29-21)27(6)10-8-25(18,3)4/h11-14H,7-10H2,1-6H3. The molecule has 4 heteroatoms. The van der Waals surface area contributed by atoms with Crippen molar-refractivity contribution in [1.29, 1.82) is 0 Å². The van der Waals surface area contributed by atoms with Gasteiger partial charge in [-0.1, -0.05) is 0 Å². The fraction of sp³-hybridized carbons (Fsp3) is 0.480. The number of anilines is 2. The molecular weight excluding hydrogens is 472 g/mol. The molecular formula is C25H30N2OTe. The summed E-state index contributed by atoms with van der Waals surface area (Å²) in [7, 11) is 4.38. The molecule has 0 aliphatic carbocycles. The summed E-state index contributed by atoms with van der Waals surface area (Å²) in [4.78, 5) is 18.4. The van der Waals surface area contributed by atoms with Crippen LogP contribution in [0.4, 0.5) is 11.4 Å². The van der Waals surface area contributed by atoms with Gasteiger partial charge in [0.2, 0.25) is 0 Å². The van der Waals surface area contributed by atoms with Crippen LogP contribution >= 0.6 is 0 Å². The number of hydrogen-bond donors (Lipinski definition) is 0. The molecule has 0 fully saturated rings. The number of fused-ring (bicyclic) bond motifs is 4. The predicted molar refractivity (Wildman–Crippen MR) is 126 cm³/mol. The van der Waals surface area contributed by atoms with Gasteiger partial charge in [-0.3, -0.25) is 0 Å². The minimum absolute atomic E-state index is 0.124. The Morgan fingerprint density at radius 3 is 1.59 bits per heavy atom. The van der Waals surface area contributed by atoms with Crippen LogP contribution < -0.4 is 15.2 Å². The zero-order valence-electron chi connectivity index (χ0n) is 18.3. The van der Waals surface area contributed by atoms with Crippen molar-refractivity contribution >= 4 is 49.4 Å². The molecule has 0 atom stereocenters. The molecule has 3 nitrogen and oxygen atoms in total. The van der Waals surface area contributed by atoms with Gasteiger partial charge in [0.1, 0.15) is 0 Å². The van der Waals surface area contributed by atoms with Crippen LogP contribution in [0.25, 0.3) is 17.6 Å². The van der Waals surface area contributed by atoms with Crippen LogP contribution in [0.2, 0.25) is 0 Å². The molecule has 0 saturated heterocycles. The van der Waals surface area contributed by atoms with Gasteiger partial charge in [0.15, 0.2) is 0 Å². The topological polar surface area (TPSA) is 23.6 Å². The van der Waals surface area contributed by atoms with Gasteiger partial charge in [0, 0.05) is 0 Å². The Balaban J connectivity index is 1.85. The quantitative estimate of drug-likeness (QED) is 0.331. The molecule has 2 aliphatic heterocycles. The molecule has 0 saturated carbocycles. The molecule has 2 aromatic carbocycles. The van der Waals surface area contributed by atoms with E-state index in [4.69, 9.17) is 0 Å². The fourth-order valence-corrected chi connectivity index (χ4v) is 8.19. The molecule has 0 N–H and O–H groups in total. The van der Waals surface area contributed by atoms with Gasteiger partial charge in [-0.25, -0.2) is 0 Å². The van der Waals surface area contributed by atoms with Crippen LogP contribution in [0.5, 0.6) is 0 Å². The maximum atomic E-state index is 13.7. The molecule has 29 heavy (non-hydrogen) atoms. The van der Waals surface area contributed by atoms with E-state index in [2.05, 4.69) is 75.9 Å². The van der Waals surface area contributed by atoms with Gasteiger partial charge in [0.05, 0.1) is 0 Å². The molecule has 0 radical (unpaired) electrons. The van der Waals surface area contributed by atoms with E-state index < -0.39 is 20.4 Å². The van der Waals surface area contributed by atoms with Crippen molar-refractivity contribution in [3.8, 4) is 0 Å². The average molecular weight is 502 g/mol. The van der Waals surface area contributed by atoms with Crippen LogP contribution in [0, 0.1) is 0 Å². The van der Waals surface area contributed by atoms with Crippen molar-refractivity contribution in [2.75, 3.05) is 37.0 Å². The summed E-state index contributed by atoms with van der Waals surface area (Å²) in [6.45, 7) is 11.4. The SMILES string of the molecule is CN1CCC(C)(C)c2cc3c(=O)c4cc5c(cc4[te]c3cc21)N(C)CCC5(C)C. The second-order valence-electron chi connectivity index (χ2n) is 10.3. The first kappa shape index (κ1) is 19.5. The number of rotatable bonds is 0. The molecule has 0 amide bonds. The summed E-state index contributed by atoms with van der Waals surface area (Å²) in [6.07, 6.45) is 2.26. The van der Waals surface area contributed by atoms with Crippen molar-refractivity contribution in [2.24, 2.45) is 0 Å². The average Bonchev–Trinajstić information content (AvgIpc) is 2.67. The Morgan fingerprint density at radius 1 is 0.759 bits per heavy atom. The van der Waals surface area contributed by atoms with Crippen molar-refractivity contribution in [2.45, 2.75) is 51.4 Å². The number of hydrogen-bond acceptors (Lipinski definition) is 3. The molecule has 5 rings (SSSR count). The van der Waals surface area contributed by atoms with E-state index in [1.807, 2.05) is 0 Å². The Morgan fingerprint density at radius 2 is 1.17 bits per heavy atom. The van der Waals surface area contributed by atoms with Crippen molar-refractivity contribution < 1.29 is 0 Å². The monoisotopic (exact) mass is 504 g/mol. The maximum absolute atomic E-state index is 13.7. The van der Waals surface area contributed by atoms with E-state index in [-0.39, 0.29) is 16.3 Å². The zero-order valence-corrected chi connectivity index (χ0v) is 20.7. The van der Waals surface area contributed by atoms with E-state index >= 15 is 0 Å². The Hall–Kier alpha value is -1.50. The van der Waals surface area contributed by atoms with Crippen molar-refractivity contribution in [3.05, 3.63) is 45.6 Å². The second kappa shape index (κ2) is 6.25. The van der Waals surface area contributed by atoms with Crippen LogP contribution in [0.3, 0.4) is 0 Å². The Labute approximate surface area is 182 Å². The Bertz CT molecular complexity index is 1130. The van der Waals surface area contributed by atoms with Crippen LogP contribution in [0.1, 0.15) is 51.7 Å². The third-order valence-electron chi connectivity index (χ3n) is 7.33. The van der Waals surface area contributed by atoms with Gasteiger partial charge >= 0.3 is 183 Å². The van der Waals surface area contributed by atoms with Crippen LogP contribution in [0.15, 0.2) is 29.1 Å². The summed E-state index contributed by atoms with van der Waals surface area (Å²) in [5.41, 5.74) is 5.83. The zero-order chi connectivity index (χ0) is 20.7. The predicted octanol–water partition coefficient (Wildman–Crippen LogP) is 4.65. The summed E-state index contributed by atoms with van der Waals surface area (Å²) >= 11 is -0.581. The third-order valence-corrected chi connectivity index (χ3v) is 10.5. The molecule has 3 aromatic rings. The van der Waals surface area contributed by atoms with Gasteiger partial charge in [-0.2, -0.15) is 0 Å². The second-order valence-corrected chi connectivity index (χ2v) is 13.4. The molecule has 3 heterocycles. The Kier molecular flexibility index (Phi) is 4.20. The van der Waals surface area contributed by atoms with E-state index in [1.165, 1.54) is 29.3 Å². The third kappa shape index (κ3) is 2.87. The van der Waals surface area contributed by atoms with Gasteiger partial charge in [-0.15, -0.1) is 0 Å². The fourth-order valence-electron chi connectivity index (χ4n) is 5.05. The van der Waals surface area contributed by atoms with E-state index in [0.717, 1.165) is 36.7 Å². The molecule has 0 unspecified atom stereocenters. The first-order chi connectivity index (χ1) is 13.6. The summed E-state index contributed by atoms with van der Waals surface area (Å²) in [6, 6.07) is 9.18. The van der Waals surface area contributed by atoms with Crippen LogP contribution in [-0.4, -0.2) is 47.6 Å². The van der Waals surface area contributed by atoms with Gasteiger partial charge in [-0.05, 0) is 0 Å². The van der Waals surface area contributed by atoms with E-state index in [9.17, 15) is 4.79 Å². The first-order valence-electron chi connectivity index (χ1n) is 10.6. The van der Waals surface area contributed by atoms with Crippen LogP contribution in [-0.2, 0) is 10.8 Å². The molecule has 152 valence electrons. The summed E-state index contributed by atoms with van der Waals surface area (Å²) < 4.78 is 2.63. The van der Waals surface area contributed by atoms with Gasteiger partial charge in [0.25, 0.3) is 0 Å². The molecule has 1 aromatic heterocycles. The first-order valence-corrected chi connectivity index (χ1v) is 12.9. The van der Waals surface area contributed by atoms with Crippen molar-refractivity contribution in [1.82, 2.24) is 0 Å². The summed E-state index contributed by atoms with van der Waals surface area (Å²) in [5, 5.41) is 1.95. The van der Waals surface area contributed by atoms with Crippen molar-refractivity contribution in [3.63, 3.8) is 0 Å².